The number of nitrogens with zero attached hydrogens (tertiary/aromatic N) is 3. The van der Waals surface area contributed by atoms with E-state index < -0.39 is 0 Å². The van der Waals surface area contributed by atoms with Crippen LogP contribution in [0.1, 0.15) is 21.7 Å². The van der Waals surface area contributed by atoms with Crippen LogP contribution in [0, 0.1) is 6.92 Å². The maximum atomic E-state index is 4.90. The van der Waals surface area contributed by atoms with E-state index >= 15 is 0 Å². The minimum Gasteiger partial charge on any atom is -0.292 e. The highest BCUT2D eigenvalue weighted by Crippen LogP contribution is 2.28. The van der Waals surface area contributed by atoms with Crippen LogP contribution in [0.25, 0.3) is 21.5 Å². The first-order valence-corrected chi connectivity index (χ1v) is 10.2. The number of hydrogen-bond acceptors (Lipinski definition) is 4. The fraction of sp³-hybridized carbons (Fsp3) is 0.217. The third-order valence-electron chi connectivity index (χ3n) is 5.19. The lowest BCUT2D eigenvalue weighted by molar-refractivity contribution is 0.243. The minimum atomic E-state index is 0.831. The molecule has 1 aliphatic heterocycles. The van der Waals surface area contributed by atoms with E-state index in [1.165, 1.54) is 31.8 Å². The van der Waals surface area contributed by atoms with Crippen LogP contribution in [0.15, 0.2) is 60.8 Å². The molecular formula is C23H21N3S. The SMILES string of the molecule is Cc1ccc(-c2ncc3c(n2)CN(Cc2cc4ccccc4s2)CC3)cc1. The number of aromatic nitrogens is 2. The maximum Gasteiger partial charge on any atom is 0.159 e. The Hall–Kier alpha value is -2.56. The van der Waals surface area contributed by atoms with Crippen molar-refractivity contribution in [1.82, 2.24) is 14.9 Å². The first kappa shape index (κ1) is 16.6. The largest absolute Gasteiger partial charge is 0.292 e. The fourth-order valence-corrected chi connectivity index (χ4v) is 4.78. The van der Waals surface area contributed by atoms with Gasteiger partial charge in [0, 0.05) is 41.0 Å². The summed E-state index contributed by atoms with van der Waals surface area (Å²) in [5.74, 6) is 0.831. The summed E-state index contributed by atoms with van der Waals surface area (Å²) in [6, 6.07) is 19.4. The molecule has 5 rings (SSSR count). The van der Waals surface area contributed by atoms with E-state index in [-0.39, 0.29) is 0 Å². The van der Waals surface area contributed by atoms with Crippen LogP contribution in [0.3, 0.4) is 0 Å². The third-order valence-corrected chi connectivity index (χ3v) is 6.29. The Morgan fingerprint density at radius 2 is 1.93 bits per heavy atom. The summed E-state index contributed by atoms with van der Waals surface area (Å²) in [7, 11) is 0. The molecule has 0 N–H and O–H groups in total. The Morgan fingerprint density at radius 3 is 2.78 bits per heavy atom. The Kier molecular flexibility index (Phi) is 4.23. The molecule has 2 aromatic carbocycles. The average molecular weight is 372 g/mol. The van der Waals surface area contributed by atoms with Crippen LogP contribution in [0.4, 0.5) is 0 Å². The number of fused-ring (bicyclic) bond motifs is 2. The molecule has 0 bridgehead atoms. The highest BCUT2D eigenvalue weighted by atomic mass is 32.1. The van der Waals surface area contributed by atoms with E-state index in [2.05, 4.69) is 71.4 Å². The van der Waals surface area contributed by atoms with Crippen LogP contribution in [-0.2, 0) is 19.5 Å². The summed E-state index contributed by atoms with van der Waals surface area (Å²) in [5, 5.41) is 1.35. The monoisotopic (exact) mass is 371 g/mol. The molecule has 3 heterocycles. The quantitative estimate of drug-likeness (QED) is 0.494. The minimum absolute atomic E-state index is 0.831. The molecule has 134 valence electrons. The number of hydrogen-bond donors (Lipinski definition) is 0. The van der Waals surface area contributed by atoms with Gasteiger partial charge >= 0.3 is 0 Å². The molecule has 4 aromatic rings. The summed E-state index contributed by atoms with van der Waals surface area (Å²) < 4.78 is 1.37. The van der Waals surface area contributed by atoms with Gasteiger partial charge in [-0.3, -0.25) is 4.90 Å². The zero-order valence-electron chi connectivity index (χ0n) is 15.4. The fourth-order valence-electron chi connectivity index (χ4n) is 3.67. The van der Waals surface area contributed by atoms with E-state index in [1.54, 1.807) is 0 Å². The smallest absolute Gasteiger partial charge is 0.159 e. The van der Waals surface area contributed by atoms with Crippen molar-refractivity contribution in [3.05, 3.63) is 82.5 Å². The number of benzene rings is 2. The lowest BCUT2D eigenvalue weighted by atomic mass is 10.1. The van der Waals surface area contributed by atoms with E-state index in [4.69, 9.17) is 4.98 Å². The summed E-state index contributed by atoms with van der Waals surface area (Å²) in [4.78, 5) is 13.4. The van der Waals surface area contributed by atoms with Gasteiger partial charge in [0.15, 0.2) is 5.82 Å². The second kappa shape index (κ2) is 6.87. The normalized spacial score (nSPS) is 14.4. The third kappa shape index (κ3) is 3.38. The Bertz CT molecular complexity index is 1070. The van der Waals surface area contributed by atoms with Gasteiger partial charge < -0.3 is 0 Å². The van der Waals surface area contributed by atoms with Crippen LogP contribution in [0.2, 0.25) is 0 Å². The van der Waals surface area contributed by atoms with Gasteiger partial charge in [-0.15, -0.1) is 11.3 Å². The van der Waals surface area contributed by atoms with Crippen molar-refractivity contribution in [3.63, 3.8) is 0 Å². The molecule has 0 spiro atoms. The summed E-state index contributed by atoms with van der Waals surface area (Å²) >= 11 is 1.90. The lowest BCUT2D eigenvalue weighted by Gasteiger charge is -2.27. The number of thiophene rings is 1. The van der Waals surface area contributed by atoms with E-state index in [1.807, 2.05) is 17.5 Å². The molecule has 3 nitrogen and oxygen atoms in total. The van der Waals surface area contributed by atoms with E-state index in [0.717, 1.165) is 37.4 Å². The van der Waals surface area contributed by atoms with Crippen LogP contribution in [0.5, 0.6) is 0 Å². The molecule has 0 saturated heterocycles. The molecule has 0 radical (unpaired) electrons. The van der Waals surface area contributed by atoms with Crippen LogP contribution >= 0.6 is 11.3 Å². The Balaban J connectivity index is 1.38. The van der Waals surface area contributed by atoms with Gasteiger partial charge in [0.05, 0.1) is 5.69 Å². The zero-order valence-corrected chi connectivity index (χ0v) is 16.2. The number of rotatable bonds is 3. The predicted molar refractivity (Wildman–Crippen MR) is 112 cm³/mol. The highest BCUT2D eigenvalue weighted by Gasteiger charge is 2.19. The Labute approximate surface area is 163 Å². The lowest BCUT2D eigenvalue weighted by Crippen LogP contribution is -2.30. The van der Waals surface area contributed by atoms with E-state index in [0.29, 0.717) is 0 Å². The topological polar surface area (TPSA) is 29.0 Å². The average Bonchev–Trinajstić information content (AvgIpc) is 3.10. The van der Waals surface area contributed by atoms with Gasteiger partial charge in [-0.05, 0) is 36.4 Å². The summed E-state index contributed by atoms with van der Waals surface area (Å²) in [6.07, 6.45) is 3.04. The van der Waals surface area contributed by atoms with Gasteiger partial charge in [-0.25, -0.2) is 9.97 Å². The molecule has 0 unspecified atom stereocenters. The first-order valence-electron chi connectivity index (χ1n) is 9.36. The van der Waals surface area contributed by atoms with Gasteiger partial charge in [0.25, 0.3) is 0 Å². The van der Waals surface area contributed by atoms with Crippen molar-refractivity contribution in [3.8, 4) is 11.4 Å². The molecule has 0 fully saturated rings. The predicted octanol–water partition coefficient (Wildman–Crippen LogP) is 5.23. The van der Waals surface area contributed by atoms with Gasteiger partial charge in [-0.2, -0.15) is 0 Å². The molecule has 0 saturated carbocycles. The standard InChI is InChI=1S/C23H21N3S/c1-16-6-8-17(9-7-16)23-24-13-19-10-11-26(15-21(19)25-23)14-20-12-18-4-2-3-5-22(18)27-20/h2-9,12-13H,10-11,14-15H2,1H3. The number of aryl methyl sites for hydroxylation is 1. The molecule has 27 heavy (non-hydrogen) atoms. The van der Waals surface area contributed by atoms with Crippen molar-refractivity contribution in [2.75, 3.05) is 6.54 Å². The first-order chi connectivity index (χ1) is 13.2. The van der Waals surface area contributed by atoms with Gasteiger partial charge in [0.2, 0.25) is 0 Å². The molecule has 2 aromatic heterocycles. The van der Waals surface area contributed by atoms with Crippen molar-refractivity contribution in [2.45, 2.75) is 26.4 Å². The summed E-state index contributed by atoms with van der Waals surface area (Å²) in [6.45, 7) is 5.05. The molecule has 1 aliphatic rings. The second-order valence-corrected chi connectivity index (χ2v) is 8.41. The second-order valence-electron chi connectivity index (χ2n) is 7.24. The van der Waals surface area contributed by atoms with Gasteiger partial charge in [0.1, 0.15) is 0 Å². The molecular weight excluding hydrogens is 350 g/mol. The molecule has 4 heteroatoms. The highest BCUT2D eigenvalue weighted by molar-refractivity contribution is 7.19. The van der Waals surface area contributed by atoms with Crippen molar-refractivity contribution < 1.29 is 0 Å². The molecule has 0 aliphatic carbocycles. The van der Waals surface area contributed by atoms with E-state index in [9.17, 15) is 0 Å². The van der Waals surface area contributed by atoms with Crippen LogP contribution in [-0.4, -0.2) is 21.4 Å². The van der Waals surface area contributed by atoms with Crippen molar-refractivity contribution in [1.29, 1.82) is 0 Å². The zero-order chi connectivity index (χ0) is 18.2. The van der Waals surface area contributed by atoms with Gasteiger partial charge in [-0.1, -0.05) is 48.0 Å². The maximum absolute atomic E-state index is 4.90. The van der Waals surface area contributed by atoms with Crippen LogP contribution < -0.4 is 0 Å². The molecule has 0 atom stereocenters. The van der Waals surface area contributed by atoms with Crippen molar-refractivity contribution >= 4 is 21.4 Å². The summed E-state index contributed by atoms with van der Waals surface area (Å²) in [5.41, 5.74) is 4.81. The molecule has 0 amide bonds. The Morgan fingerprint density at radius 1 is 1.07 bits per heavy atom. The van der Waals surface area contributed by atoms with Crippen molar-refractivity contribution in [2.24, 2.45) is 0 Å².